The third-order valence-electron chi connectivity index (χ3n) is 2.20. The minimum Gasteiger partial charge on any atom is -0.366 e. The number of aromatic amines is 1. The average molecular weight is 232 g/mol. The summed E-state index contributed by atoms with van der Waals surface area (Å²) < 4.78 is 0. The normalized spacial score (nSPS) is 12.1. The van der Waals surface area contributed by atoms with Gasteiger partial charge in [0.25, 0.3) is 5.91 Å². The summed E-state index contributed by atoms with van der Waals surface area (Å²) in [6, 6.07) is 5.29. The van der Waals surface area contributed by atoms with Crippen molar-refractivity contribution >= 4 is 11.9 Å². The van der Waals surface area contributed by atoms with Gasteiger partial charge in [-0.2, -0.15) is 4.98 Å². The van der Waals surface area contributed by atoms with Crippen molar-refractivity contribution < 1.29 is 4.79 Å². The lowest BCUT2D eigenvalue weighted by molar-refractivity contribution is 0.0929. The predicted molar refractivity (Wildman–Crippen MR) is 60.9 cm³/mol. The van der Waals surface area contributed by atoms with Gasteiger partial charge in [-0.05, 0) is 19.1 Å². The van der Waals surface area contributed by atoms with Crippen molar-refractivity contribution in [2.75, 3.05) is 5.73 Å². The lowest BCUT2D eigenvalue weighted by Crippen LogP contribution is -2.28. The Bertz CT molecular complexity index is 509. The lowest BCUT2D eigenvalue weighted by Gasteiger charge is -2.11. The SMILES string of the molecule is C[C@H](NC(=O)c1nc(N)n[nH]1)c1ccccn1. The lowest BCUT2D eigenvalue weighted by atomic mass is 10.2. The highest BCUT2D eigenvalue weighted by molar-refractivity contribution is 5.90. The Morgan fingerprint density at radius 3 is 2.94 bits per heavy atom. The first-order valence-corrected chi connectivity index (χ1v) is 5.06. The van der Waals surface area contributed by atoms with Crippen LogP contribution in [0.5, 0.6) is 0 Å². The fourth-order valence-electron chi connectivity index (χ4n) is 1.35. The first-order chi connectivity index (χ1) is 8.16. The van der Waals surface area contributed by atoms with Crippen molar-refractivity contribution in [1.82, 2.24) is 25.5 Å². The highest BCUT2D eigenvalue weighted by Crippen LogP contribution is 2.08. The molecule has 0 fully saturated rings. The first-order valence-electron chi connectivity index (χ1n) is 5.06. The molecule has 88 valence electrons. The standard InChI is InChI=1S/C10H12N6O/c1-6(7-4-2-3-5-12-7)13-9(17)8-14-10(11)16-15-8/h2-6H,1H3,(H,13,17)(H3,11,14,15,16)/t6-/m0/s1. The number of aromatic nitrogens is 4. The molecular weight excluding hydrogens is 220 g/mol. The van der Waals surface area contributed by atoms with Crippen molar-refractivity contribution in [3.05, 3.63) is 35.9 Å². The maximum atomic E-state index is 11.7. The molecule has 0 unspecified atom stereocenters. The number of carbonyl (C=O) groups excluding carboxylic acids is 1. The van der Waals surface area contributed by atoms with Gasteiger partial charge in [0.1, 0.15) is 0 Å². The summed E-state index contributed by atoms with van der Waals surface area (Å²) in [6.07, 6.45) is 1.67. The maximum absolute atomic E-state index is 11.7. The average Bonchev–Trinajstić information content (AvgIpc) is 2.77. The van der Waals surface area contributed by atoms with Crippen LogP contribution in [0.1, 0.15) is 29.3 Å². The van der Waals surface area contributed by atoms with Crippen molar-refractivity contribution in [2.24, 2.45) is 0 Å². The van der Waals surface area contributed by atoms with Gasteiger partial charge in [0, 0.05) is 6.20 Å². The van der Waals surface area contributed by atoms with E-state index in [-0.39, 0.29) is 23.7 Å². The first kappa shape index (κ1) is 11.1. The topological polar surface area (TPSA) is 110 Å². The molecule has 4 N–H and O–H groups in total. The minimum absolute atomic E-state index is 0.0423. The molecule has 0 spiro atoms. The number of anilines is 1. The van der Waals surface area contributed by atoms with E-state index < -0.39 is 0 Å². The molecule has 7 nitrogen and oxygen atoms in total. The highest BCUT2D eigenvalue weighted by atomic mass is 16.2. The van der Waals surface area contributed by atoms with Gasteiger partial charge in [-0.25, -0.2) is 0 Å². The van der Waals surface area contributed by atoms with Crippen molar-refractivity contribution in [2.45, 2.75) is 13.0 Å². The number of hydrogen-bond donors (Lipinski definition) is 3. The molecule has 2 aromatic rings. The van der Waals surface area contributed by atoms with Gasteiger partial charge < -0.3 is 11.1 Å². The zero-order valence-electron chi connectivity index (χ0n) is 9.21. The zero-order chi connectivity index (χ0) is 12.3. The van der Waals surface area contributed by atoms with Crippen LogP contribution in [0, 0.1) is 0 Å². The molecule has 0 saturated carbocycles. The van der Waals surface area contributed by atoms with E-state index in [0.29, 0.717) is 0 Å². The monoisotopic (exact) mass is 232 g/mol. The van der Waals surface area contributed by atoms with Crippen molar-refractivity contribution in [3.63, 3.8) is 0 Å². The number of carbonyl (C=O) groups is 1. The van der Waals surface area contributed by atoms with Crippen LogP contribution in [0.3, 0.4) is 0 Å². The van der Waals surface area contributed by atoms with Gasteiger partial charge in [0.15, 0.2) is 0 Å². The minimum atomic E-state index is -0.368. The number of amides is 1. The molecule has 2 heterocycles. The third kappa shape index (κ3) is 2.57. The van der Waals surface area contributed by atoms with Crippen LogP contribution in [-0.2, 0) is 0 Å². The van der Waals surface area contributed by atoms with E-state index in [1.54, 1.807) is 6.20 Å². The Balaban J connectivity index is 2.04. The smallest absolute Gasteiger partial charge is 0.289 e. The molecule has 0 aliphatic rings. The van der Waals surface area contributed by atoms with Crippen LogP contribution in [0.2, 0.25) is 0 Å². The Labute approximate surface area is 97.5 Å². The summed E-state index contributed by atoms with van der Waals surface area (Å²) >= 11 is 0. The molecule has 2 aromatic heterocycles. The number of nitrogens with zero attached hydrogens (tertiary/aromatic N) is 3. The second-order valence-electron chi connectivity index (χ2n) is 3.49. The third-order valence-corrected chi connectivity index (χ3v) is 2.20. The summed E-state index contributed by atoms with van der Waals surface area (Å²) in [7, 11) is 0. The molecule has 1 atom stereocenters. The molecule has 17 heavy (non-hydrogen) atoms. The fraction of sp³-hybridized carbons (Fsp3) is 0.200. The Hall–Kier alpha value is -2.44. The van der Waals surface area contributed by atoms with E-state index in [1.807, 2.05) is 25.1 Å². The van der Waals surface area contributed by atoms with E-state index >= 15 is 0 Å². The number of hydrogen-bond acceptors (Lipinski definition) is 5. The van der Waals surface area contributed by atoms with Gasteiger partial charge in [-0.3, -0.25) is 14.9 Å². The van der Waals surface area contributed by atoms with Gasteiger partial charge >= 0.3 is 0 Å². The summed E-state index contributed by atoms with van der Waals surface area (Å²) in [4.78, 5) is 19.6. The number of rotatable bonds is 3. The molecule has 0 aliphatic carbocycles. The van der Waals surface area contributed by atoms with Crippen LogP contribution >= 0.6 is 0 Å². The van der Waals surface area contributed by atoms with Crippen LogP contribution in [0.25, 0.3) is 0 Å². The van der Waals surface area contributed by atoms with Crippen LogP contribution in [0.15, 0.2) is 24.4 Å². The molecule has 0 radical (unpaired) electrons. The highest BCUT2D eigenvalue weighted by Gasteiger charge is 2.15. The largest absolute Gasteiger partial charge is 0.366 e. The predicted octanol–water partition coefficient (Wildman–Crippen LogP) is 0.273. The maximum Gasteiger partial charge on any atom is 0.289 e. The number of nitrogens with two attached hydrogens (primary N) is 1. The van der Waals surface area contributed by atoms with Crippen LogP contribution in [0.4, 0.5) is 5.95 Å². The molecule has 0 aromatic carbocycles. The number of pyridine rings is 1. The molecule has 0 saturated heterocycles. The second kappa shape index (κ2) is 4.60. The Kier molecular flexibility index (Phi) is 2.99. The molecule has 1 amide bonds. The van der Waals surface area contributed by atoms with E-state index in [4.69, 9.17) is 5.73 Å². The molecule has 7 heteroatoms. The van der Waals surface area contributed by atoms with Gasteiger partial charge in [-0.1, -0.05) is 6.07 Å². The van der Waals surface area contributed by atoms with Crippen LogP contribution in [-0.4, -0.2) is 26.1 Å². The van der Waals surface area contributed by atoms with Gasteiger partial charge in [-0.15, -0.1) is 5.10 Å². The van der Waals surface area contributed by atoms with E-state index in [0.717, 1.165) is 5.69 Å². The summed E-state index contributed by atoms with van der Waals surface area (Å²) in [6.45, 7) is 1.83. The zero-order valence-corrected chi connectivity index (χ0v) is 9.21. The molecule has 2 rings (SSSR count). The van der Waals surface area contributed by atoms with E-state index in [1.165, 1.54) is 0 Å². The van der Waals surface area contributed by atoms with Gasteiger partial charge in [0.2, 0.25) is 11.8 Å². The fourth-order valence-corrected chi connectivity index (χ4v) is 1.35. The van der Waals surface area contributed by atoms with Crippen molar-refractivity contribution in [1.29, 1.82) is 0 Å². The van der Waals surface area contributed by atoms with Crippen molar-refractivity contribution in [3.8, 4) is 0 Å². The molecule has 0 bridgehead atoms. The summed E-state index contributed by atoms with van der Waals surface area (Å²) in [5.41, 5.74) is 6.08. The Morgan fingerprint density at radius 2 is 2.35 bits per heavy atom. The number of nitrogen functional groups attached to an aromatic ring is 1. The second-order valence-corrected chi connectivity index (χ2v) is 3.49. The van der Waals surface area contributed by atoms with E-state index in [9.17, 15) is 4.79 Å². The van der Waals surface area contributed by atoms with Gasteiger partial charge in [0.05, 0.1) is 11.7 Å². The summed E-state index contributed by atoms with van der Waals surface area (Å²) in [5.74, 6) is -0.238. The molecule has 0 aliphatic heterocycles. The number of H-pyrrole nitrogens is 1. The Morgan fingerprint density at radius 1 is 1.53 bits per heavy atom. The van der Waals surface area contributed by atoms with E-state index in [2.05, 4.69) is 25.5 Å². The molecular formula is C10H12N6O. The summed E-state index contributed by atoms with van der Waals surface area (Å²) in [5, 5.41) is 8.76. The van der Waals surface area contributed by atoms with Crippen LogP contribution < -0.4 is 11.1 Å². The quantitative estimate of drug-likeness (QED) is 0.703. The number of nitrogens with one attached hydrogen (secondary N) is 2.